The number of hydrogen-bond acceptors (Lipinski definition) is 3. The molecule has 98 valence electrons. The highest BCUT2D eigenvalue weighted by molar-refractivity contribution is 6.32. The van der Waals surface area contributed by atoms with Gasteiger partial charge in [-0.2, -0.15) is 0 Å². The molecule has 0 aliphatic carbocycles. The van der Waals surface area contributed by atoms with Crippen LogP contribution < -0.4 is 10.1 Å². The number of benzene rings is 2. The van der Waals surface area contributed by atoms with E-state index in [1.165, 1.54) is 25.3 Å². The molecule has 0 heterocycles. The van der Waals surface area contributed by atoms with Crippen LogP contribution in [0.4, 0.5) is 5.69 Å². The molecular weight excluding hydrogens is 266 g/mol. The number of anilines is 1. The first-order chi connectivity index (χ1) is 9.10. The van der Waals surface area contributed by atoms with Crippen molar-refractivity contribution < 1.29 is 14.6 Å². The van der Waals surface area contributed by atoms with Crippen molar-refractivity contribution in [2.24, 2.45) is 0 Å². The minimum atomic E-state index is -0.310. The van der Waals surface area contributed by atoms with Crippen molar-refractivity contribution in [1.82, 2.24) is 0 Å². The van der Waals surface area contributed by atoms with Crippen molar-refractivity contribution in [1.29, 1.82) is 0 Å². The van der Waals surface area contributed by atoms with Gasteiger partial charge in [0.2, 0.25) is 0 Å². The van der Waals surface area contributed by atoms with E-state index in [0.717, 1.165) is 0 Å². The molecule has 1 amide bonds. The quantitative estimate of drug-likeness (QED) is 0.905. The van der Waals surface area contributed by atoms with E-state index < -0.39 is 0 Å². The number of methoxy groups -OCH3 is 1. The summed E-state index contributed by atoms with van der Waals surface area (Å²) in [4.78, 5) is 12.0. The lowest BCUT2D eigenvalue weighted by Crippen LogP contribution is -2.11. The van der Waals surface area contributed by atoms with Crippen LogP contribution in [0.25, 0.3) is 0 Å². The maximum absolute atomic E-state index is 12.0. The molecule has 0 unspecified atom stereocenters. The monoisotopic (exact) mass is 277 g/mol. The summed E-state index contributed by atoms with van der Waals surface area (Å²) in [5, 5.41) is 12.4. The van der Waals surface area contributed by atoms with Gasteiger partial charge in [0.05, 0.1) is 12.1 Å². The van der Waals surface area contributed by atoms with Gasteiger partial charge >= 0.3 is 0 Å². The summed E-state index contributed by atoms with van der Waals surface area (Å²) in [5.74, 6) is 0.288. The first-order valence-electron chi connectivity index (χ1n) is 5.54. The van der Waals surface area contributed by atoms with Crippen LogP contribution in [0.2, 0.25) is 5.02 Å². The Morgan fingerprint density at radius 2 is 2.05 bits per heavy atom. The summed E-state index contributed by atoms with van der Waals surface area (Å²) in [6.45, 7) is 0. The van der Waals surface area contributed by atoms with E-state index in [1.54, 1.807) is 24.3 Å². The molecule has 2 aromatic rings. The van der Waals surface area contributed by atoms with E-state index in [-0.39, 0.29) is 11.7 Å². The molecule has 0 aromatic heterocycles. The predicted molar refractivity (Wildman–Crippen MR) is 74.1 cm³/mol. The number of rotatable bonds is 3. The van der Waals surface area contributed by atoms with Crippen LogP contribution in [-0.4, -0.2) is 18.1 Å². The standard InChI is InChI=1S/C14H12ClNO3/c1-19-13-6-5-9(7-12(13)15)14(18)16-10-3-2-4-11(17)8-10/h2-8,17H,1H3,(H,16,18). The van der Waals surface area contributed by atoms with E-state index >= 15 is 0 Å². The van der Waals surface area contributed by atoms with Gasteiger partial charge in [0.1, 0.15) is 11.5 Å². The summed E-state index contributed by atoms with van der Waals surface area (Å²) in [5.41, 5.74) is 0.922. The van der Waals surface area contributed by atoms with E-state index in [2.05, 4.69) is 5.32 Å². The second kappa shape index (κ2) is 5.63. The van der Waals surface area contributed by atoms with Gasteiger partial charge in [-0.05, 0) is 30.3 Å². The fraction of sp³-hybridized carbons (Fsp3) is 0.0714. The maximum Gasteiger partial charge on any atom is 0.255 e. The van der Waals surface area contributed by atoms with Crippen LogP contribution in [0, 0.1) is 0 Å². The molecule has 0 fully saturated rings. The average Bonchev–Trinajstić information content (AvgIpc) is 2.38. The number of halogens is 1. The first-order valence-corrected chi connectivity index (χ1v) is 5.92. The number of phenolic OH excluding ortho intramolecular Hbond substituents is 1. The number of phenols is 1. The van der Waals surface area contributed by atoms with Crippen molar-refractivity contribution in [3.63, 3.8) is 0 Å². The highest BCUT2D eigenvalue weighted by atomic mass is 35.5. The topological polar surface area (TPSA) is 58.6 Å². The Morgan fingerprint density at radius 1 is 1.26 bits per heavy atom. The van der Waals surface area contributed by atoms with E-state index in [9.17, 15) is 9.90 Å². The molecule has 0 atom stereocenters. The number of carbonyl (C=O) groups excluding carboxylic acids is 1. The average molecular weight is 278 g/mol. The lowest BCUT2D eigenvalue weighted by atomic mass is 10.2. The molecule has 0 radical (unpaired) electrons. The summed E-state index contributed by atoms with van der Waals surface area (Å²) in [7, 11) is 1.51. The number of hydrogen-bond donors (Lipinski definition) is 2. The largest absolute Gasteiger partial charge is 0.508 e. The van der Waals surface area contributed by atoms with Gasteiger partial charge in [0.15, 0.2) is 0 Å². The molecule has 5 heteroatoms. The summed E-state index contributed by atoms with van der Waals surface area (Å²) >= 11 is 5.96. The fourth-order valence-electron chi connectivity index (χ4n) is 1.59. The Hall–Kier alpha value is -2.20. The van der Waals surface area contributed by atoms with Crippen LogP contribution >= 0.6 is 11.6 Å². The fourth-order valence-corrected chi connectivity index (χ4v) is 1.85. The molecule has 2 rings (SSSR count). The third kappa shape index (κ3) is 3.17. The smallest absolute Gasteiger partial charge is 0.255 e. The molecule has 0 bridgehead atoms. The van der Waals surface area contributed by atoms with E-state index in [0.29, 0.717) is 22.0 Å². The highest BCUT2D eigenvalue weighted by Crippen LogP contribution is 2.25. The van der Waals surface area contributed by atoms with Crippen LogP contribution in [-0.2, 0) is 0 Å². The normalized spacial score (nSPS) is 10.0. The van der Waals surface area contributed by atoms with E-state index in [4.69, 9.17) is 16.3 Å². The van der Waals surface area contributed by atoms with Crippen LogP contribution in [0.3, 0.4) is 0 Å². The molecule has 0 saturated heterocycles. The molecular formula is C14H12ClNO3. The van der Waals surface area contributed by atoms with Crippen molar-refractivity contribution in [3.05, 3.63) is 53.1 Å². The number of amides is 1. The van der Waals surface area contributed by atoms with Crippen molar-refractivity contribution in [2.75, 3.05) is 12.4 Å². The summed E-state index contributed by atoms with van der Waals surface area (Å²) < 4.78 is 5.02. The lowest BCUT2D eigenvalue weighted by molar-refractivity contribution is 0.102. The zero-order valence-electron chi connectivity index (χ0n) is 10.2. The molecule has 0 aliphatic rings. The lowest BCUT2D eigenvalue weighted by Gasteiger charge is -2.07. The zero-order chi connectivity index (χ0) is 13.8. The molecule has 0 aliphatic heterocycles. The second-order valence-corrected chi connectivity index (χ2v) is 4.26. The van der Waals surface area contributed by atoms with Gasteiger partial charge in [-0.1, -0.05) is 17.7 Å². The van der Waals surface area contributed by atoms with E-state index in [1.807, 2.05) is 0 Å². The Bertz CT molecular complexity index is 613. The van der Waals surface area contributed by atoms with Gasteiger partial charge in [-0.3, -0.25) is 4.79 Å². The second-order valence-electron chi connectivity index (χ2n) is 3.85. The van der Waals surface area contributed by atoms with Crippen molar-refractivity contribution in [2.45, 2.75) is 0 Å². The van der Waals surface area contributed by atoms with Crippen LogP contribution in [0.1, 0.15) is 10.4 Å². The van der Waals surface area contributed by atoms with Gasteiger partial charge in [0, 0.05) is 17.3 Å². The highest BCUT2D eigenvalue weighted by Gasteiger charge is 2.09. The Morgan fingerprint density at radius 3 is 2.68 bits per heavy atom. The Kier molecular flexibility index (Phi) is 3.92. The molecule has 19 heavy (non-hydrogen) atoms. The molecule has 2 N–H and O–H groups in total. The third-order valence-corrected chi connectivity index (χ3v) is 2.81. The minimum absolute atomic E-state index is 0.0885. The number of nitrogens with one attached hydrogen (secondary N) is 1. The third-order valence-electron chi connectivity index (χ3n) is 2.52. The molecule has 0 saturated carbocycles. The number of aromatic hydroxyl groups is 1. The van der Waals surface area contributed by atoms with Gasteiger partial charge in [-0.15, -0.1) is 0 Å². The minimum Gasteiger partial charge on any atom is -0.508 e. The Labute approximate surface area is 115 Å². The SMILES string of the molecule is COc1ccc(C(=O)Nc2cccc(O)c2)cc1Cl. The zero-order valence-corrected chi connectivity index (χ0v) is 10.9. The summed E-state index contributed by atoms with van der Waals surface area (Å²) in [6.07, 6.45) is 0. The molecule has 2 aromatic carbocycles. The van der Waals surface area contributed by atoms with Crippen molar-refractivity contribution >= 4 is 23.2 Å². The van der Waals surface area contributed by atoms with Crippen molar-refractivity contribution in [3.8, 4) is 11.5 Å². The van der Waals surface area contributed by atoms with Gasteiger partial charge in [0.25, 0.3) is 5.91 Å². The maximum atomic E-state index is 12.0. The molecule has 0 spiro atoms. The first kappa shape index (κ1) is 13.2. The van der Waals surface area contributed by atoms with Gasteiger partial charge in [-0.25, -0.2) is 0 Å². The van der Waals surface area contributed by atoms with Crippen LogP contribution in [0.15, 0.2) is 42.5 Å². The number of carbonyl (C=O) groups is 1. The Balaban J connectivity index is 2.18. The van der Waals surface area contributed by atoms with Gasteiger partial charge < -0.3 is 15.2 Å². The number of ether oxygens (including phenoxy) is 1. The predicted octanol–water partition coefficient (Wildman–Crippen LogP) is 3.31. The molecule has 4 nitrogen and oxygen atoms in total. The van der Waals surface area contributed by atoms with Crippen LogP contribution in [0.5, 0.6) is 11.5 Å². The summed E-state index contributed by atoms with van der Waals surface area (Å²) in [6, 6.07) is 11.1.